The second-order valence-electron chi connectivity index (χ2n) is 14.0. The molecule has 1 heteroatoms. The van der Waals surface area contributed by atoms with Gasteiger partial charge in [-0.15, -0.1) is 0 Å². The lowest BCUT2D eigenvalue weighted by Gasteiger charge is -2.45. The standard InChI is InChI=1S/C44H38Si/c1-44-26-10-9-15-41(44)42(39-13-7-8-14-40(39)43(44)37-23-18-30-11-5-6-12-33(30)28-37)32-19-16-31(17-20-32)34-21-22-36-29-38(45(2,3)4)25-24-35(36)27-34/h5-29,43H,1-4H3/t43?,44-/m1/s1. The first kappa shape index (κ1) is 27.8. The molecule has 0 heterocycles. The largest absolute Gasteiger partial charge is 0.0776 e. The summed E-state index contributed by atoms with van der Waals surface area (Å²) in [5.74, 6) is 0.219. The van der Waals surface area contributed by atoms with Crippen molar-refractivity contribution < 1.29 is 0 Å². The molecule has 2 aliphatic carbocycles. The summed E-state index contributed by atoms with van der Waals surface area (Å²) < 4.78 is 0. The zero-order valence-corrected chi connectivity index (χ0v) is 27.5. The number of fused-ring (bicyclic) bond motifs is 4. The molecule has 0 nitrogen and oxygen atoms in total. The average Bonchev–Trinajstić information content (AvgIpc) is 3.06. The van der Waals surface area contributed by atoms with Crippen molar-refractivity contribution >= 4 is 40.4 Å². The maximum absolute atomic E-state index is 2.43. The van der Waals surface area contributed by atoms with Gasteiger partial charge in [0.25, 0.3) is 0 Å². The van der Waals surface area contributed by atoms with E-state index >= 15 is 0 Å². The van der Waals surface area contributed by atoms with Gasteiger partial charge in [0.05, 0.1) is 8.07 Å². The predicted molar refractivity (Wildman–Crippen MR) is 197 cm³/mol. The van der Waals surface area contributed by atoms with E-state index < -0.39 is 8.07 Å². The van der Waals surface area contributed by atoms with E-state index in [1.807, 2.05) is 0 Å². The van der Waals surface area contributed by atoms with Crippen LogP contribution in [0.15, 0.2) is 157 Å². The van der Waals surface area contributed by atoms with Crippen LogP contribution in [0.5, 0.6) is 0 Å². The summed E-state index contributed by atoms with van der Waals surface area (Å²) in [6.07, 6.45) is 9.22. The van der Waals surface area contributed by atoms with E-state index in [1.165, 1.54) is 71.3 Å². The lowest BCUT2D eigenvalue weighted by molar-refractivity contribution is 0.449. The quantitative estimate of drug-likeness (QED) is 0.178. The van der Waals surface area contributed by atoms with Gasteiger partial charge in [0.15, 0.2) is 0 Å². The van der Waals surface area contributed by atoms with Gasteiger partial charge in [0.2, 0.25) is 0 Å². The summed E-state index contributed by atoms with van der Waals surface area (Å²) in [7, 11) is -1.34. The molecule has 0 saturated carbocycles. The van der Waals surface area contributed by atoms with Gasteiger partial charge in [-0.1, -0.05) is 177 Å². The van der Waals surface area contributed by atoms with Gasteiger partial charge >= 0.3 is 0 Å². The Hall–Kier alpha value is -4.72. The van der Waals surface area contributed by atoms with E-state index in [0.29, 0.717) is 0 Å². The van der Waals surface area contributed by atoms with Crippen molar-refractivity contribution in [3.05, 3.63) is 180 Å². The third-order valence-corrected chi connectivity index (χ3v) is 12.2. The van der Waals surface area contributed by atoms with Gasteiger partial charge in [0.1, 0.15) is 0 Å². The van der Waals surface area contributed by atoms with Crippen molar-refractivity contribution in [1.29, 1.82) is 0 Å². The molecule has 1 unspecified atom stereocenters. The van der Waals surface area contributed by atoms with Crippen LogP contribution in [0.3, 0.4) is 0 Å². The van der Waals surface area contributed by atoms with Crippen molar-refractivity contribution in [3.8, 4) is 11.1 Å². The van der Waals surface area contributed by atoms with Crippen LogP contribution in [0, 0.1) is 5.41 Å². The van der Waals surface area contributed by atoms with Crippen molar-refractivity contribution in [2.24, 2.45) is 5.41 Å². The summed E-state index contributed by atoms with van der Waals surface area (Å²) in [6.45, 7) is 9.67. The van der Waals surface area contributed by atoms with Crippen LogP contribution in [0.1, 0.15) is 35.1 Å². The van der Waals surface area contributed by atoms with Crippen LogP contribution in [0.4, 0.5) is 0 Å². The molecular weight excluding hydrogens is 557 g/mol. The zero-order chi connectivity index (χ0) is 30.8. The number of hydrogen-bond acceptors (Lipinski definition) is 0. The van der Waals surface area contributed by atoms with Crippen molar-refractivity contribution in [1.82, 2.24) is 0 Å². The van der Waals surface area contributed by atoms with Gasteiger partial charge in [-0.05, 0) is 72.1 Å². The molecular formula is C44H38Si. The van der Waals surface area contributed by atoms with Crippen molar-refractivity contribution in [2.75, 3.05) is 0 Å². The van der Waals surface area contributed by atoms with Crippen LogP contribution in [-0.2, 0) is 0 Å². The highest BCUT2D eigenvalue weighted by atomic mass is 28.3. The molecule has 0 aromatic heterocycles. The maximum atomic E-state index is 2.43. The SMILES string of the molecule is C[C@@]12C=CC=CC1=C(c1ccc(-c3ccc4cc([Si](C)(C)C)ccc4c3)cc1)c1ccccc1C2c1ccc2ccccc2c1. The summed E-state index contributed by atoms with van der Waals surface area (Å²) in [5, 5.41) is 6.73. The Balaban J connectivity index is 1.23. The van der Waals surface area contributed by atoms with E-state index in [2.05, 4.69) is 178 Å². The highest BCUT2D eigenvalue weighted by molar-refractivity contribution is 6.88. The Morgan fingerprint density at radius 1 is 0.556 bits per heavy atom. The second kappa shape index (κ2) is 10.4. The molecule has 0 spiro atoms. The Labute approximate surface area is 268 Å². The summed E-state index contributed by atoms with van der Waals surface area (Å²) >= 11 is 0. The van der Waals surface area contributed by atoms with Gasteiger partial charge in [-0.3, -0.25) is 0 Å². The topological polar surface area (TPSA) is 0 Å². The Kier molecular flexibility index (Phi) is 6.44. The molecule has 2 atom stereocenters. The average molecular weight is 595 g/mol. The van der Waals surface area contributed by atoms with E-state index in [4.69, 9.17) is 0 Å². The van der Waals surface area contributed by atoms with Crippen LogP contribution in [0.25, 0.3) is 38.2 Å². The fourth-order valence-electron chi connectivity index (χ4n) is 7.67. The predicted octanol–water partition coefficient (Wildman–Crippen LogP) is 11.3. The third-order valence-electron chi connectivity index (χ3n) is 10.1. The number of allylic oxidation sites excluding steroid dienone is 5. The normalized spacial score (nSPS) is 19.2. The van der Waals surface area contributed by atoms with Crippen molar-refractivity contribution in [3.63, 3.8) is 0 Å². The summed E-state index contributed by atoms with van der Waals surface area (Å²) in [4.78, 5) is 0. The van der Waals surface area contributed by atoms with Gasteiger partial charge in [-0.25, -0.2) is 0 Å². The fraction of sp³-hybridized carbons (Fsp3) is 0.136. The Bertz CT molecular complexity index is 2200. The van der Waals surface area contributed by atoms with Crippen LogP contribution >= 0.6 is 0 Å². The molecule has 218 valence electrons. The molecule has 6 aromatic carbocycles. The number of rotatable bonds is 4. The molecule has 6 aromatic rings. The molecule has 0 bridgehead atoms. The minimum atomic E-state index is -1.34. The molecule has 2 aliphatic rings. The highest BCUT2D eigenvalue weighted by Gasteiger charge is 2.44. The Morgan fingerprint density at radius 2 is 1.20 bits per heavy atom. The molecule has 0 radical (unpaired) electrons. The highest BCUT2D eigenvalue weighted by Crippen LogP contribution is 2.57. The minimum Gasteiger partial charge on any atom is -0.0733 e. The van der Waals surface area contributed by atoms with Crippen molar-refractivity contribution in [2.45, 2.75) is 32.5 Å². The molecule has 0 fully saturated rings. The monoisotopic (exact) mass is 594 g/mol. The third kappa shape index (κ3) is 4.66. The number of benzene rings is 6. The molecule has 8 rings (SSSR count). The van der Waals surface area contributed by atoms with E-state index in [9.17, 15) is 0 Å². The van der Waals surface area contributed by atoms with Crippen LogP contribution < -0.4 is 5.19 Å². The second-order valence-corrected chi connectivity index (χ2v) is 19.1. The van der Waals surface area contributed by atoms with Gasteiger partial charge < -0.3 is 0 Å². The molecule has 0 saturated heterocycles. The zero-order valence-electron chi connectivity index (χ0n) is 26.5. The number of hydrogen-bond donors (Lipinski definition) is 0. The summed E-state index contributed by atoms with van der Waals surface area (Å²) in [5.41, 5.74) is 10.4. The molecule has 0 aliphatic heterocycles. The first-order valence-corrected chi connectivity index (χ1v) is 19.6. The minimum absolute atomic E-state index is 0.174. The van der Waals surface area contributed by atoms with Gasteiger partial charge in [-0.2, -0.15) is 0 Å². The lowest BCUT2D eigenvalue weighted by atomic mass is 9.58. The van der Waals surface area contributed by atoms with E-state index in [0.717, 1.165) is 0 Å². The summed E-state index contributed by atoms with van der Waals surface area (Å²) in [6, 6.07) is 48.0. The van der Waals surface area contributed by atoms with E-state index in [1.54, 1.807) is 0 Å². The molecule has 45 heavy (non-hydrogen) atoms. The Morgan fingerprint density at radius 3 is 2.02 bits per heavy atom. The van der Waals surface area contributed by atoms with E-state index in [-0.39, 0.29) is 11.3 Å². The molecule has 0 N–H and O–H groups in total. The maximum Gasteiger partial charge on any atom is 0.0776 e. The first-order chi connectivity index (χ1) is 21.8. The molecule has 0 amide bonds. The smallest absolute Gasteiger partial charge is 0.0733 e. The van der Waals surface area contributed by atoms with Crippen LogP contribution in [-0.4, -0.2) is 8.07 Å². The fourth-order valence-corrected chi connectivity index (χ4v) is 8.84. The van der Waals surface area contributed by atoms with Crippen LogP contribution in [0.2, 0.25) is 19.6 Å². The first-order valence-electron chi connectivity index (χ1n) is 16.1. The lowest BCUT2D eigenvalue weighted by Crippen LogP contribution is -2.37. The van der Waals surface area contributed by atoms with Gasteiger partial charge in [0, 0.05) is 11.3 Å².